The molecule has 0 saturated heterocycles. The first-order valence-corrected chi connectivity index (χ1v) is 9.17. The Labute approximate surface area is 166 Å². The average molecular weight is 393 g/mol. The summed E-state index contributed by atoms with van der Waals surface area (Å²) >= 11 is 0. The number of rotatable bonds is 4. The zero-order chi connectivity index (χ0) is 20.5. The summed E-state index contributed by atoms with van der Waals surface area (Å²) in [5, 5.41) is 8.97. The highest BCUT2D eigenvalue weighted by atomic mass is 16.5. The number of nitrogens with one attached hydrogen (secondary N) is 1. The number of carbonyl (C=O) groups excluding carboxylic acids is 1. The predicted octanol–water partition coefficient (Wildman–Crippen LogP) is 3.48. The van der Waals surface area contributed by atoms with Gasteiger partial charge in [-0.25, -0.2) is 4.79 Å². The van der Waals surface area contributed by atoms with Gasteiger partial charge in [-0.3, -0.25) is 10.2 Å². The van der Waals surface area contributed by atoms with Crippen LogP contribution in [0.2, 0.25) is 0 Å². The molecule has 148 valence electrons. The van der Waals surface area contributed by atoms with Gasteiger partial charge in [-0.15, -0.1) is 0 Å². The Hall–Kier alpha value is -3.61. The van der Waals surface area contributed by atoms with Crippen LogP contribution in [0.4, 0.5) is 0 Å². The summed E-state index contributed by atoms with van der Waals surface area (Å²) in [5.74, 6) is -1.90. The second kappa shape index (κ2) is 7.43. The third kappa shape index (κ3) is 3.14. The SMILES string of the molecule is CCOC(=O)C1C(=N)Oc2c(c(=O)oc3ccccc23)C1c1ccc(OC)cc1. The Kier molecular flexibility index (Phi) is 4.80. The molecule has 2 aromatic carbocycles. The molecule has 0 amide bonds. The lowest BCUT2D eigenvalue weighted by Crippen LogP contribution is -2.40. The van der Waals surface area contributed by atoms with Gasteiger partial charge in [0.2, 0.25) is 5.90 Å². The highest BCUT2D eigenvalue weighted by molar-refractivity contribution is 6.02. The lowest BCUT2D eigenvalue weighted by Gasteiger charge is -2.32. The molecular weight excluding hydrogens is 374 g/mol. The Morgan fingerprint density at radius 3 is 2.55 bits per heavy atom. The number of fused-ring (bicyclic) bond motifs is 3. The molecule has 0 bridgehead atoms. The van der Waals surface area contributed by atoms with E-state index < -0.39 is 23.4 Å². The number of hydrogen-bond acceptors (Lipinski definition) is 7. The maximum absolute atomic E-state index is 12.9. The average Bonchev–Trinajstić information content (AvgIpc) is 2.73. The number of benzene rings is 2. The van der Waals surface area contributed by atoms with Crippen LogP contribution in [0.1, 0.15) is 24.0 Å². The lowest BCUT2D eigenvalue weighted by atomic mass is 9.78. The molecular formula is C22H19NO6. The van der Waals surface area contributed by atoms with Crippen molar-refractivity contribution in [3.05, 3.63) is 70.1 Å². The molecule has 1 aliphatic heterocycles. The first-order valence-electron chi connectivity index (χ1n) is 9.17. The van der Waals surface area contributed by atoms with Crippen LogP contribution in [0.3, 0.4) is 0 Å². The van der Waals surface area contributed by atoms with Gasteiger partial charge in [-0.05, 0) is 36.8 Å². The first kappa shape index (κ1) is 18.7. The fraction of sp³-hybridized carbons (Fsp3) is 0.227. The number of methoxy groups -OCH3 is 1. The third-order valence-corrected chi connectivity index (χ3v) is 4.95. The van der Waals surface area contributed by atoms with E-state index in [0.717, 1.165) is 0 Å². The quantitative estimate of drug-likeness (QED) is 0.538. The van der Waals surface area contributed by atoms with Gasteiger partial charge < -0.3 is 18.6 Å². The second-order valence-corrected chi connectivity index (χ2v) is 6.58. The summed E-state index contributed by atoms with van der Waals surface area (Å²) < 4.78 is 21.6. The molecule has 4 rings (SSSR count). The summed E-state index contributed by atoms with van der Waals surface area (Å²) in [5.41, 5.74) is 0.595. The van der Waals surface area contributed by atoms with Gasteiger partial charge in [0, 0.05) is 5.92 Å². The predicted molar refractivity (Wildman–Crippen MR) is 106 cm³/mol. The minimum atomic E-state index is -1.10. The smallest absolute Gasteiger partial charge is 0.343 e. The first-order chi connectivity index (χ1) is 14.0. The van der Waals surface area contributed by atoms with Crippen molar-refractivity contribution in [2.75, 3.05) is 13.7 Å². The van der Waals surface area contributed by atoms with Crippen LogP contribution >= 0.6 is 0 Å². The van der Waals surface area contributed by atoms with E-state index in [2.05, 4.69) is 0 Å². The summed E-state index contributed by atoms with van der Waals surface area (Å²) in [6, 6.07) is 13.9. The van der Waals surface area contributed by atoms with Crippen molar-refractivity contribution in [1.82, 2.24) is 0 Å². The van der Waals surface area contributed by atoms with E-state index in [4.69, 9.17) is 24.0 Å². The molecule has 2 unspecified atom stereocenters. The van der Waals surface area contributed by atoms with Crippen molar-refractivity contribution in [2.24, 2.45) is 5.92 Å². The number of ether oxygens (including phenoxy) is 3. The van der Waals surface area contributed by atoms with Crippen molar-refractivity contribution >= 4 is 22.8 Å². The zero-order valence-electron chi connectivity index (χ0n) is 15.9. The van der Waals surface area contributed by atoms with Crippen molar-refractivity contribution in [1.29, 1.82) is 5.41 Å². The molecule has 2 atom stereocenters. The van der Waals surface area contributed by atoms with Gasteiger partial charge >= 0.3 is 11.6 Å². The Morgan fingerprint density at radius 2 is 1.86 bits per heavy atom. The van der Waals surface area contributed by atoms with Crippen molar-refractivity contribution in [3.63, 3.8) is 0 Å². The molecule has 0 fully saturated rings. The minimum Gasteiger partial charge on any atom is -0.497 e. The van der Waals surface area contributed by atoms with E-state index >= 15 is 0 Å². The second-order valence-electron chi connectivity index (χ2n) is 6.58. The number of esters is 1. The Bertz CT molecular complexity index is 1150. The normalized spacial score (nSPS) is 18.1. The van der Waals surface area contributed by atoms with Crippen LogP contribution in [0.25, 0.3) is 11.0 Å². The molecule has 0 spiro atoms. The van der Waals surface area contributed by atoms with E-state index in [1.807, 2.05) is 0 Å². The zero-order valence-corrected chi connectivity index (χ0v) is 15.9. The van der Waals surface area contributed by atoms with Crippen molar-refractivity contribution < 1.29 is 23.4 Å². The van der Waals surface area contributed by atoms with Gasteiger partial charge in [-0.1, -0.05) is 24.3 Å². The van der Waals surface area contributed by atoms with Crippen molar-refractivity contribution in [2.45, 2.75) is 12.8 Å². The van der Waals surface area contributed by atoms with E-state index in [1.165, 1.54) is 0 Å². The molecule has 1 aromatic heterocycles. The molecule has 1 N–H and O–H groups in total. The fourth-order valence-electron chi connectivity index (χ4n) is 3.65. The summed E-state index contributed by atoms with van der Waals surface area (Å²) in [4.78, 5) is 25.6. The number of carbonyl (C=O) groups is 1. The lowest BCUT2D eigenvalue weighted by molar-refractivity contribution is -0.146. The largest absolute Gasteiger partial charge is 0.497 e. The molecule has 2 heterocycles. The van der Waals surface area contributed by atoms with Gasteiger partial charge in [0.1, 0.15) is 17.3 Å². The summed E-state index contributed by atoms with van der Waals surface area (Å²) in [6.07, 6.45) is 0. The molecule has 7 heteroatoms. The van der Waals surface area contributed by atoms with Crippen LogP contribution in [0, 0.1) is 11.3 Å². The minimum absolute atomic E-state index is 0.150. The monoisotopic (exact) mass is 393 g/mol. The van der Waals surface area contributed by atoms with E-state index in [0.29, 0.717) is 22.3 Å². The van der Waals surface area contributed by atoms with Crippen LogP contribution in [0.15, 0.2) is 57.7 Å². The van der Waals surface area contributed by atoms with Crippen LogP contribution in [0.5, 0.6) is 11.5 Å². The molecule has 29 heavy (non-hydrogen) atoms. The van der Waals surface area contributed by atoms with Crippen molar-refractivity contribution in [3.8, 4) is 11.5 Å². The number of hydrogen-bond donors (Lipinski definition) is 1. The molecule has 0 aliphatic carbocycles. The number of para-hydroxylation sites is 1. The van der Waals surface area contributed by atoms with Gasteiger partial charge in [0.25, 0.3) is 0 Å². The highest BCUT2D eigenvalue weighted by Gasteiger charge is 2.45. The third-order valence-electron chi connectivity index (χ3n) is 4.95. The van der Waals surface area contributed by atoms with Gasteiger partial charge in [-0.2, -0.15) is 0 Å². The van der Waals surface area contributed by atoms with E-state index in [1.54, 1.807) is 62.6 Å². The Morgan fingerprint density at radius 1 is 1.14 bits per heavy atom. The Balaban J connectivity index is 1.98. The molecule has 3 aromatic rings. The topological polar surface area (TPSA) is 98.8 Å². The molecule has 0 radical (unpaired) electrons. The van der Waals surface area contributed by atoms with Gasteiger partial charge in [0.05, 0.1) is 24.7 Å². The molecule has 1 aliphatic rings. The van der Waals surface area contributed by atoms with Crippen LogP contribution in [-0.2, 0) is 9.53 Å². The maximum Gasteiger partial charge on any atom is 0.343 e. The van der Waals surface area contributed by atoms with Crippen LogP contribution in [-0.4, -0.2) is 25.6 Å². The summed E-state index contributed by atoms with van der Waals surface area (Å²) in [6.45, 7) is 1.83. The van der Waals surface area contributed by atoms with E-state index in [-0.39, 0.29) is 23.8 Å². The van der Waals surface area contributed by atoms with Crippen LogP contribution < -0.4 is 15.1 Å². The summed E-state index contributed by atoms with van der Waals surface area (Å²) in [7, 11) is 1.55. The van der Waals surface area contributed by atoms with Gasteiger partial charge in [0.15, 0.2) is 5.75 Å². The standard InChI is InChI=1S/C22H19NO6/c1-3-27-21(24)18-16(12-8-10-13(26-2)11-9-12)17-19(29-20(18)23)14-6-4-5-7-15(14)28-22(17)25/h4-11,16,18,23H,3H2,1-2H3. The maximum atomic E-state index is 12.9. The van der Waals surface area contributed by atoms with E-state index in [9.17, 15) is 9.59 Å². The fourth-order valence-corrected chi connectivity index (χ4v) is 3.65. The molecule has 0 saturated carbocycles. The highest BCUT2D eigenvalue weighted by Crippen LogP contribution is 2.44. The molecule has 7 nitrogen and oxygen atoms in total.